The first-order valence-electron chi connectivity index (χ1n) is 5.85. The van der Waals surface area contributed by atoms with Gasteiger partial charge in [0.1, 0.15) is 0 Å². The molecule has 2 amide bonds. The fourth-order valence-electron chi connectivity index (χ4n) is 2.18. The largest absolute Gasteiger partial charge is 0.268 e. The number of carbonyl (C=O) groups is 2. The Bertz CT molecular complexity index is 793. The predicted molar refractivity (Wildman–Crippen MR) is 89.4 cm³/mol. The highest BCUT2D eigenvalue weighted by molar-refractivity contribution is 9.11. The minimum absolute atomic E-state index is 0.0671. The summed E-state index contributed by atoms with van der Waals surface area (Å²) in [7, 11) is 0. The molecule has 112 valence electrons. The van der Waals surface area contributed by atoms with Crippen LogP contribution < -0.4 is 4.90 Å². The maximum absolute atomic E-state index is 13.9. The van der Waals surface area contributed by atoms with Gasteiger partial charge in [-0.15, -0.1) is 0 Å². The van der Waals surface area contributed by atoms with Crippen molar-refractivity contribution in [2.45, 2.75) is 0 Å². The molecule has 3 nitrogen and oxygen atoms in total. The number of nitrogens with zero attached hydrogens (tertiary/aromatic N) is 1. The highest BCUT2D eigenvalue weighted by Crippen LogP contribution is 2.47. The van der Waals surface area contributed by atoms with Crippen molar-refractivity contribution < 1.29 is 14.0 Å². The lowest BCUT2D eigenvalue weighted by molar-refractivity contribution is 0.0925. The maximum Gasteiger partial charge on any atom is 0.266 e. The van der Waals surface area contributed by atoms with E-state index >= 15 is 0 Å². The average Bonchev–Trinajstić information content (AvgIpc) is 2.77. The van der Waals surface area contributed by atoms with E-state index in [4.69, 9.17) is 23.2 Å². The summed E-state index contributed by atoms with van der Waals surface area (Å²) in [5.74, 6) is -1.90. The molecule has 2 aromatic carbocycles. The molecule has 0 unspecified atom stereocenters. The fraction of sp³-hybridized carbons (Fsp3) is 0. The number of carbonyl (C=O) groups excluding carboxylic acids is 2. The van der Waals surface area contributed by atoms with Crippen molar-refractivity contribution >= 4 is 72.6 Å². The maximum atomic E-state index is 13.9. The second-order valence-corrected chi connectivity index (χ2v) is 6.75. The van der Waals surface area contributed by atoms with E-state index in [0.717, 1.165) is 4.90 Å². The quantitative estimate of drug-likeness (QED) is 0.317. The van der Waals surface area contributed by atoms with Crippen molar-refractivity contribution in [2.24, 2.45) is 0 Å². The summed E-state index contributed by atoms with van der Waals surface area (Å²) in [6, 6.07) is 6.40. The molecule has 0 N–H and O–H groups in total. The van der Waals surface area contributed by atoms with E-state index in [9.17, 15) is 14.0 Å². The molecular formula is C14H4Br2Cl2FNO2. The number of hydrogen-bond acceptors (Lipinski definition) is 2. The lowest BCUT2D eigenvalue weighted by atomic mass is 10.1. The molecule has 1 heterocycles. The third kappa shape index (κ3) is 2.12. The molecule has 0 atom stereocenters. The van der Waals surface area contributed by atoms with Gasteiger partial charge in [0.15, 0.2) is 5.82 Å². The summed E-state index contributed by atoms with van der Waals surface area (Å²) < 4.78 is 14.0. The van der Waals surface area contributed by atoms with Gasteiger partial charge < -0.3 is 0 Å². The molecule has 8 heteroatoms. The summed E-state index contributed by atoms with van der Waals surface area (Å²) >= 11 is 18.0. The van der Waals surface area contributed by atoms with Gasteiger partial charge in [0, 0.05) is 0 Å². The minimum atomic E-state index is -0.845. The van der Waals surface area contributed by atoms with Gasteiger partial charge in [0.2, 0.25) is 0 Å². The van der Waals surface area contributed by atoms with E-state index < -0.39 is 17.6 Å². The van der Waals surface area contributed by atoms with Crippen LogP contribution in [0.4, 0.5) is 10.1 Å². The number of rotatable bonds is 1. The molecule has 0 spiro atoms. The third-order valence-electron chi connectivity index (χ3n) is 3.20. The lowest BCUT2D eigenvalue weighted by Crippen LogP contribution is -2.30. The van der Waals surface area contributed by atoms with Crippen molar-refractivity contribution in [3.8, 4) is 0 Å². The number of anilines is 1. The molecule has 0 fully saturated rings. The van der Waals surface area contributed by atoms with Gasteiger partial charge in [-0.05, 0) is 44.0 Å². The number of halogens is 5. The van der Waals surface area contributed by atoms with E-state index in [2.05, 4.69) is 31.9 Å². The van der Waals surface area contributed by atoms with Crippen LogP contribution in [0.5, 0.6) is 0 Å². The van der Waals surface area contributed by atoms with E-state index in [1.54, 1.807) is 24.3 Å². The number of benzene rings is 2. The zero-order chi connectivity index (χ0) is 16.2. The zero-order valence-corrected chi connectivity index (χ0v) is 15.1. The molecule has 3 rings (SSSR count). The second kappa shape index (κ2) is 5.60. The molecule has 0 saturated heterocycles. The summed E-state index contributed by atoms with van der Waals surface area (Å²) in [6.45, 7) is 0. The van der Waals surface area contributed by atoms with Crippen LogP contribution in [0.15, 0.2) is 33.2 Å². The van der Waals surface area contributed by atoms with Crippen LogP contribution in [0, 0.1) is 5.82 Å². The monoisotopic (exact) mass is 465 g/mol. The SMILES string of the molecule is O=C1c2ccccc2C(=O)N1c1c(Br)c(Cl)c(F)c(Cl)c1Br. The first-order chi connectivity index (χ1) is 10.4. The van der Waals surface area contributed by atoms with Gasteiger partial charge >= 0.3 is 0 Å². The summed E-state index contributed by atoms with van der Waals surface area (Å²) in [5.41, 5.74) is 0.605. The van der Waals surface area contributed by atoms with Crippen LogP contribution in [-0.2, 0) is 0 Å². The first-order valence-corrected chi connectivity index (χ1v) is 8.19. The fourth-order valence-corrected chi connectivity index (χ4v) is 3.96. The van der Waals surface area contributed by atoms with Gasteiger partial charge in [-0.2, -0.15) is 0 Å². The van der Waals surface area contributed by atoms with Crippen LogP contribution in [0.3, 0.4) is 0 Å². The van der Waals surface area contributed by atoms with E-state index in [1.165, 1.54) is 0 Å². The van der Waals surface area contributed by atoms with Crippen LogP contribution in [0.25, 0.3) is 0 Å². The van der Waals surface area contributed by atoms with Gasteiger partial charge in [0.05, 0.1) is 35.8 Å². The highest BCUT2D eigenvalue weighted by Gasteiger charge is 2.39. The molecule has 0 radical (unpaired) electrons. The topological polar surface area (TPSA) is 37.4 Å². The van der Waals surface area contributed by atoms with E-state index in [1.807, 2.05) is 0 Å². The Hall–Kier alpha value is -0.950. The standard InChI is InChI=1S/C14H4Br2Cl2FNO2/c15-7-9(17)11(19)10(18)8(16)12(7)20-13(21)5-3-1-2-4-6(5)14(20)22/h1-4H. The zero-order valence-electron chi connectivity index (χ0n) is 10.5. The summed E-state index contributed by atoms with van der Waals surface area (Å²) in [6.07, 6.45) is 0. The lowest BCUT2D eigenvalue weighted by Gasteiger charge is -2.19. The second-order valence-electron chi connectivity index (χ2n) is 4.41. The first kappa shape index (κ1) is 15.9. The van der Waals surface area contributed by atoms with Crippen molar-refractivity contribution in [1.82, 2.24) is 0 Å². The Morgan fingerprint density at radius 3 is 1.73 bits per heavy atom. The van der Waals surface area contributed by atoms with Crippen LogP contribution in [0.2, 0.25) is 10.0 Å². The Morgan fingerprint density at radius 1 is 0.909 bits per heavy atom. The van der Waals surface area contributed by atoms with Gasteiger partial charge in [-0.3, -0.25) is 9.59 Å². The average molecular weight is 468 g/mol. The van der Waals surface area contributed by atoms with Gasteiger partial charge in [-0.1, -0.05) is 35.3 Å². The molecular weight excluding hydrogens is 464 g/mol. The van der Waals surface area contributed by atoms with E-state index in [-0.39, 0.29) is 35.8 Å². The van der Waals surface area contributed by atoms with E-state index in [0.29, 0.717) is 0 Å². The summed E-state index contributed by atoms with van der Waals surface area (Å²) in [4.78, 5) is 25.9. The normalized spacial score (nSPS) is 13.8. The Morgan fingerprint density at radius 2 is 1.32 bits per heavy atom. The van der Waals surface area contributed by atoms with Crippen molar-refractivity contribution in [3.63, 3.8) is 0 Å². The van der Waals surface area contributed by atoms with Gasteiger partial charge in [0.25, 0.3) is 11.8 Å². The third-order valence-corrected chi connectivity index (χ3v) is 5.91. The number of fused-ring (bicyclic) bond motifs is 1. The molecule has 0 bridgehead atoms. The van der Waals surface area contributed by atoms with Crippen molar-refractivity contribution in [2.75, 3.05) is 4.90 Å². The Kier molecular flexibility index (Phi) is 4.05. The predicted octanol–water partition coefficient (Wildman–Crippen LogP) is 5.46. The smallest absolute Gasteiger partial charge is 0.266 e. The number of hydrogen-bond donors (Lipinski definition) is 0. The number of amides is 2. The Balaban J connectivity index is 2.27. The van der Waals surface area contributed by atoms with Crippen molar-refractivity contribution in [1.29, 1.82) is 0 Å². The Labute approximate surface area is 151 Å². The molecule has 2 aromatic rings. The minimum Gasteiger partial charge on any atom is -0.268 e. The molecule has 0 saturated carbocycles. The molecule has 0 aromatic heterocycles. The van der Waals surface area contributed by atoms with Crippen LogP contribution >= 0.6 is 55.1 Å². The van der Waals surface area contributed by atoms with Crippen LogP contribution in [0.1, 0.15) is 20.7 Å². The molecule has 0 aliphatic carbocycles. The highest BCUT2D eigenvalue weighted by atomic mass is 79.9. The molecule has 1 aliphatic heterocycles. The molecule has 22 heavy (non-hydrogen) atoms. The van der Waals surface area contributed by atoms with Crippen LogP contribution in [-0.4, -0.2) is 11.8 Å². The van der Waals surface area contributed by atoms with Gasteiger partial charge in [-0.25, -0.2) is 9.29 Å². The number of imide groups is 1. The molecule has 1 aliphatic rings. The summed E-state index contributed by atoms with van der Waals surface area (Å²) in [5, 5.41) is -0.612. The van der Waals surface area contributed by atoms with Crippen molar-refractivity contribution in [3.05, 3.63) is 60.2 Å².